The van der Waals surface area contributed by atoms with E-state index < -0.39 is 11.8 Å². The number of methoxy groups -OCH3 is 1. The topological polar surface area (TPSA) is 93.2 Å². The van der Waals surface area contributed by atoms with Crippen LogP contribution in [0, 0.1) is 0 Å². The van der Waals surface area contributed by atoms with Crippen LogP contribution in [0.3, 0.4) is 0 Å². The Hall–Kier alpha value is -3.97. The Morgan fingerprint density at radius 1 is 0.903 bits per heavy atom. The van der Waals surface area contributed by atoms with E-state index in [2.05, 4.69) is 20.8 Å². The second-order valence-electron chi connectivity index (χ2n) is 6.56. The fraction of sp³-hybridized carbons (Fsp3) is 0.0435. The van der Waals surface area contributed by atoms with E-state index in [0.717, 1.165) is 5.56 Å². The third kappa shape index (κ3) is 4.31. The number of benzene rings is 2. The van der Waals surface area contributed by atoms with Gasteiger partial charge in [-0.15, -0.1) is 0 Å². The van der Waals surface area contributed by atoms with Crippen LogP contribution in [0.1, 0.15) is 20.7 Å². The lowest BCUT2D eigenvalue weighted by Gasteiger charge is -2.12. The minimum Gasteiger partial charge on any atom is -0.496 e. The van der Waals surface area contributed by atoms with Gasteiger partial charge in [-0.3, -0.25) is 25.4 Å². The van der Waals surface area contributed by atoms with Gasteiger partial charge in [-0.05, 0) is 42.5 Å². The molecule has 8 heteroatoms. The summed E-state index contributed by atoms with van der Waals surface area (Å²) in [4.78, 5) is 34.2. The number of hydrogen-bond acceptors (Lipinski definition) is 5. The summed E-state index contributed by atoms with van der Waals surface area (Å²) >= 11 is 5.94. The molecule has 2 heterocycles. The Labute approximate surface area is 183 Å². The van der Waals surface area contributed by atoms with Gasteiger partial charge in [-0.25, -0.2) is 4.98 Å². The lowest BCUT2D eigenvalue weighted by Crippen LogP contribution is -2.41. The van der Waals surface area contributed by atoms with Gasteiger partial charge in [0.1, 0.15) is 5.75 Å². The number of nitrogens with one attached hydrogen (secondary N) is 2. The second-order valence-corrected chi connectivity index (χ2v) is 7.00. The number of rotatable bonds is 4. The molecule has 0 atom stereocenters. The maximum absolute atomic E-state index is 13.0. The van der Waals surface area contributed by atoms with E-state index in [4.69, 9.17) is 16.3 Å². The molecule has 0 spiro atoms. The third-order valence-corrected chi connectivity index (χ3v) is 4.87. The minimum atomic E-state index is -0.533. The van der Waals surface area contributed by atoms with Crippen molar-refractivity contribution >= 4 is 34.3 Å². The van der Waals surface area contributed by atoms with Crippen molar-refractivity contribution in [1.29, 1.82) is 0 Å². The summed E-state index contributed by atoms with van der Waals surface area (Å²) in [5, 5.41) is 1.10. The third-order valence-electron chi connectivity index (χ3n) is 4.63. The average molecular weight is 433 g/mol. The van der Waals surface area contributed by atoms with Crippen LogP contribution in [0.2, 0.25) is 5.02 Å². The normalized spacial score (nSPS) is 10.5. The maximum Gasteiger partial charge on any atom is 0.273 e. The fourth-order valence-corrected chi connectivity index (χ4v) is 3.30. The average Bonchev–Trinajstić information content (AvgIpc) is 2.82. The van der Waals surface area contributed by atoms with Gasteiger partial charge in [-0.2, -0.15) is 0 Å². The van der Waals surface area contributed by atoms with Gasteiger partial charge in [0.2, 0.25) is 0 Å². The van der Waals surface area contributed by atoms with Gasteiger partial charge >= 0.3 is 0 Å². The molecule has 0 bridgehead atoms. The SMILES string of the molecule is COc1cc(Cl)ccc1C(=O)NNC(=O)c1cc(-c2ccncc2)nc2ccccc12. The molecule has 0 aliphatic rings. The van der Waals surface area contributed by atoms with Crippen molar-refractivity contribution in [2.75, 3.05) is 7.11 Å². The first-order chi connectivity index (χ1) is 15.1. The van der Waals surface area contributed by atoms with Crippen LogP contribution >= 0.6 is 11.6 Å². The van der Waals surface area contributed by atoms with E-state index in [0.29, 0.717) is 32.9 Å². The van der Waals surface area contributed by atoms with Crippen molar-refractivity contribution in [1.82, 2.24) is 20.8 Å². The van der Waals surface area contributed by atoms with E-state index in [1.165, 1.54) is 19.2 Å². The van der Waals surface area contributed by atoms with Crippen LogP contribution in [0.5, 0.6) is 5.75 Å². The molecule has 0 aliphatic carbocycles. The van der Waals surface area contributed by atoms with Gasteiger partial charge in [0.05, 0.1) is 29.4 Å². The number of carbonyl (C=O) groups excluding carboxylic acids is 2. The molecule has 0 unspecified atom stereocenters. The quantitative estimate of drug-likeness (QED) is 0.475. The second kappa shape index (κ2) is 8.81. The van der Waals surface area contributed by atoms with Crippen molar-refractivity contribution in [3.8, 4) is 17.0 Å². The number of hydrazine groups is 1. The van der Waals surface area contributed by atoms with Crippen molar-refractivity contribution in [3.05, 3.63) is 89.2 Å². The highest BCUT2D eigenvalue weighted by molar-refractivity contribution is 6.30. The predicted octanol–water partition coefficient (Wildman–Crippen LogP) is 4.03. The zero-order valence-electron chi connectivity index (χ0n) is 16.4. The molecule has 0 saturated heterocycles. The monoisotopic (exact) mass is 432 g/mol. The highest BCUT2D eigenvalue weighted by Crippen LogP contribution is 2.25. The van der Waals surface area contributed by atoms with Crippen LogP contribution in [-0.2, 0) is 0 Å². The van der Waals surface area contributed by atoms with Gasteiger partial charge in [0, 0.05) is 28.4 Å². The minimum absolute atomic E-state index is 0.240. The van der Waals surface area contributed by atoms with Crippen LogP contribution in [0.4, 0.5) is 0 Å². The van der Waals surface area contributed by atoms with E-state index >= 15 is 0 Å². The number of halogens is 1. The number of amides is 2. The van der Waals surface area contributed by atoms with Crippen LogP contribution in [0.15, 0.2) is 73.1 Å². The van der Waals surface area contributed by atoms with Crippen molar-refractivity contribution in [3.63, 3.8) is 0 Å². The van der Waals surface area contributed by atoms with Gasteiger partial charge < -0.3 is 4.74 Å². The largest absolute Gasteiger partial charge is 0.496 e. The number of aromatic nitrogens is 2. The Bertz CT molecular complexity index is 1280. The molecule has 2 N–H and O–H groups in total. The molecule has 0 aliphatic heterocycles. The summed E-state index contributed by atoms with van der Waals surface area (Å²) in [6, 6.07) is 17.2. The fourth-order valence-electron chi connectivity index (χ4n) is 3.13. The standard InChI is InChI=1S/C23H17ClN4O3/c1-31-21-12-15(24)6-7-17(21)22(29)27-28-23(30)18-13-20(14-8-10-25-11-9-14)26-19-5-3-2-4-16(18)19/h2-13H,1H3,(H,27,29)(H,28,30). The molecular weight excluding hydrogens is 416 g/mol. The number of ether oxygens (including phenoxy) is 1. The Morgan fingerprint density at radius 3 is 2.35 bits per heavy atom. The van der Waals surface area contributed by atoms with Crippen molar-refractivity contribution in [2.45, 2.75) is 0 Å². The number of para-hydroxylation sites is 1. The lowest BCUT2D eigenvalue weighted by molar-refractivity contribution is 0.0846. The molecule has 4 rings (SSSR count). The van der Waals surface area contributed by atoms with Crippen LogP contribution in [-0.4, -0.2) is 28.9 Å². The van der Waals surface area contributed by atoms with Crippen LogP contribution in [0.25, 0.3) is 22.2 Å². The molecule has 2 amide bonds. The molecule has 2 aromatic heterocycles. The first-order valence-corrected chi connectivity index (χ1v) is 9.69. The number of fused-ring (bicyclic) bond motifs is 1. The molecule has 0 radical (unpaired) electrons. The van der Waals surface area contributed by atoms with Crippen molar-refractivity contribution in [2.24, 2.45) is 0 Å². The summed E-state index contributed by atoms with van der Waals surface area (Å²) in [6.45, 7) is 0. The van der Waals surface area contributed by atoms with Gasteiger partial charge in [-0.1, -0.05) is 29.8 Å². The highest BCUT2D eigenvalue weighted by Gasteiger charge is 2.17. The van der Waals surface area contributed by atoms with E-state index in [-0.39, 0.29) is 5.56 Å². The first-order valence-electron chi connectivity index (χ1n) is 9.31. The van der Waals surface area contributed by atoms with Gasteiger partial charge in [0.25, 0.3) is 11.8 Å². The molecule has 0 fully saturated rings. The Morgan fingerprint density at radius 2 is 1.61 bits per heavy atom. The summed E-state index contributed by atoms with van der Waals surface area (Å²) in [6.07, 6.45) is 3.32. The molecule has 154 valence electrons. The lowest BCUT2D eigenvalue weighted by atomic mass is 10.0. The Kier molecular flexibility index (Phi) is 5.77. The van der Waals surface area contributed by atoms with Crippen LogP contribution < -0.4 is 15.6 Å². The number of carbonyl (C=O) groups is 2. The van der Waals surface area contributed by atoms with E-state index in [9.17, 15) is 9.59 Å². The predicted molar refractivity (Wildman–Crippen MR) is 118 cm³/mol. The maximum atomic E-state index is 13.0. The molecule has 2 aromatic carbocycles. The molecule has 7 nitrogen and oxygen atoms in total. The number of nitrogens with zero attached hydrogens (tertiary/aromatic N) is 2. The molecule has 31 heavy (non-hydrogen) atoms. The summed E-state index contributed by atoms with van der Waals surface area (Å²) in [5.41, 5.74) is 7.61. The summed E-state index contributed by atoms with van der Waals surface area (Å²) < 4.78 is 5.19. The first kappa shape index (κ1) is 20.3. The zero-order chi connectivity index (χ0) is 21.8. The molecular formula is C23H17ClN4O3. The summed E-state index contributed by atoms with van der Waals surface area (Å²) in [5.74, 6) is -0.710. The molecule has 0 saturated carbocycles. The highest BCUT2D eigenvalue weighted by atomic mass is 35.5. The van der Waals surface area contributed by atoms with Gasteiger partial charge in [0.15, 0.2) is 0 Å². The Balaban J connectivity index is 1.63. The zero-order valence-corrected chi connectivity index (χ0v) is 17.2. The van der Waals surface area contributed by atoms with E-state index in [1.807, 2.05) is 30.3 Å². The van der Waals surface area contributed by atoms with Crippen molar-refractivity contribution < 1.29 is 14.3 Å². The van der Waals surface area contributed by atoms with E-state index in [1.54, 1.807) is 30.6 Å². The number of pyridine rings is 2. The summed E-state index contributed by atoms with van der Waals surface area (Å²) in [7, 11) is 1.44. The number of hydrogen-bond donors (Lipinski definition) is 2. The molecule has 4 aromatic rings. The smallest absolute Gasteiger partial charge is 0.273 e.